The Kier molecular flexibility index (Phi) is 7.21. The van der Waals surface area contributed by atoms with Crippen LogP contribution in [0.4, 0.5) is 10.6 Å². The van der Waals surface area contributed by atoms with Crippen LogP contribution in [0.2, 0.25) is 0 Å². The molecule has 0 unspecified atom stereocenters. The van der Waals surface area contributed by atoms with Gasteiger partial charge in [-0.25, -0.2) is 19.7 Å². The maximum absolute atomic E-state index is 12.5. The zero-order chi connectivity index (χ0) is 26.0. The summed E-state index contributed by atoms with van der Waals surface area (Å²) in [6.07, 6.45) is 2.67. The highest BCUT2D eigenvalue weighted by molar-refractivity contribution is 6.20. The summed E-state index contributed by atoms with van der Waals surface area (Å²) in [6, 6.07) is 7.43. The molecule has 4 heterocycles. The molecule has 188 valence electrons. The molecule has 0 saturated heterocycles. The molecule has 0 aromatic carbocycles. The van der Waals surface area contributed by atoms with E-state index < -0.39 is 11.7 Å². The molecule has 0 fully saturated rings. The monoisotopic (exact) mass is 489 g/mol. The third kappa shape index (κ3) is 5.46. The number of rotatable bonds is 8. The summed E-state index contributed by atoms with van der Waals surface area (Å²) in [5.74, 6) is 0.577. The summed E-state index contributed by atoms with van der Waals surface area (Å²) in [7, 11) is 11.4. The number of aromatic amines is 1. The molecule has 0 spiro atoms. The largest absolute Gasteiger partial charge is 0.444 e. The summed E-state index contributed by atoms with van der Waals surface area (Å²) in [5.41, 5.74) is 3.99. The summed E-state index contributed by atoms with van der Waals surface area (Å²) in [6.45, 7) is 6.09. The summed E-state index contributed by atoms with van der Waals surface area (Å²) in [5, 5.41) is 3.89. The van der Waals surface area contributed by atoms with Crippen molar-refractivity contribution in [1.82, 2.24) is 29.8 Å². The lowest BCUT2D eigenvalue weighted by molar-refractivity contribution is 0.0496. The van der Waals surface area contributed by atoms with Gasteiger partial charge in [-0.3, -0.25) is 0 Å². The Hall–Kier alpha value is -3.60. The van der Waals surface area contributed by atoms with Crippen molar-refractivity contribution in [1.29, 1.82) is 0 Å². The number of hydrogen-bond donors (Lipinski definition) is 2. The van der Waals surface area contributed by atoms with Crippen molar-refractivity contribution < 1.29 is 14.3 Å². The minimum Gasteiger partial charge on any atom is -0.444 e. The Bertz CT molecular complexity index is 1370. The fraction of sp³-hybridized carbons (Fsp3) is 0.440. The molecule has 0 aliphatic heterocycles. The number of nitrogens with one attached hydrogen (secondary N) is 2. The summed E-state index contributed by atoms with van der Waals surface area (Å²) >= 11 is 0. The Morgan fingerprint density at radius 3 is 2.78 bits per heavy atom. The number of H-pyrrole nitrogens is 1. The van der Waals surface area contributed by atoms with Gasteiger partial charge in [-0.05, 0) is 58.9 Å². The van der Waals surface area contributed by atoms with E-state index in [0.717, 1.165) is 39.9 Å². The summed E-state index contributed by atoms with van der Waals surface area (Å²) < 4.78 is 12.6. The number of carbonyl (C=O) groups excluding carboxylic acids is 1. The molecule has 4 aromatic heterocycles. The van der Waals surface area contributed by atoms with Gasteiger partial charge in [0.1, 0.15) is 22.6 Å². The number of aryl methyl sites for hydroxylation is 1. The average molecular weight is 489 g/mol. The minimum absolute atomic E-state index is 0.335. The molecule has 4 aromatic rings. The molecule has 0 saturated carbocycles. The zero-order valence-corrected chi connectivity index (χ0v) is 21.6. The van der Waals surface area contributed by atoms with E-state index >= 15 is 0 Å². The molecular weight excluding hydrogens is 457 g/mol. The first kappa shape index (κ1) is 25.5. The quantitative estimate of drug-likeness (QED) is 0.284. The Balaban J connectivity index is 1.71. The van der Waals surface area contributed by atoms with Gasteiger partial charge < -0.3 is 29.2 Å². The van der Waals surface area contributed by atoms with Crippen molar-refractivity contribution >= 4 is 42.0 Å². The van der Waals surface area contributed by atoms with Gasteiger partial charge in [0, 0.05) is 26.2 Å². The molecular formula is C25H32BN7O3. The van der Waals surface area contributed by atoms with Crippen LogP contribution in [0.25, 0.3) is 33.5 Å². The number of hydrogen-bond acceptors (Lipinski definition) is 7. The number of carbonyl (C=O) groups is 1. The van der Waals surface area contributed by atoms with Gasteiger partial charge in [-0.1, -0.05) is 6.07 Å². The highest BCUT2D eigenvalue weighted by Gasteiger charge is 2.22. The second-order valence-electron chi connectivity index (χ2n) is 9.83. The van der Waals surface area contributed by atoms with Crippen molar-refractivity contribution in [3.8, 4) is 11.4 Å². The number of amides is 1. The number of fused-ring (bicyclic) bond motifs is 3. The SMILES string of the molecule is [B]N(C)c1nc2[nH]c(-c3cccc([C@H](CCCOC)NC(=O)OC(C)(C)C)n3)cc2c2c1ncn2C. The number of aromatic nitrogens is 5. The smallest absolute Gasteiger partial charge is 0.408 e. The van der Waals surface area contributed by atoms with Gasteiger partial charge >= 0.3 is 6.09 Å². The fourth-order valence-electron chi connectivity index (χ4n) is 4.14. The number of ether oxygens (including phenoxy) is 2. The third-order valence-electron chi connectivity index (χ3n) is 5.69. The normalized spacial score (nSPS) is 12.7. The van der Waals surface area contributed by atoms with Gasteiger partial charge in [0.05, 0.1) is 35.0 Å². The maximum Gasteiger partial charge on any atom is 0.408 e. The van der Waals surface area contributed by atoms with Crippen LogP contribution in [-0.4, -0.2) is 64.9 Å². The number of nitrogens with zero attached hydrogens (tertiary/aromatic N) is 5. The van der Waals surface area contributed by atoms with Crippen LogP contribution in [0.1, 0.15) is 45.3 Å². The molecule has 4 rings (SSSR count). The highest BCUT2D eigenvalue weighted by atomic mass is 16.6. The van der Waals surface area contributed by atoms with Crippen LogP contribution in [0.5, 0.6) is 0 Å². The molecule has 11 heteroatoms. The first-order valence-electron chi connectivity index (χ1n) is 11.9. The Labute approximate surface area is 211 Å². The van der Waals surface area contributed by atoms with E-state index in [1.165, 1.54) is 4.81 Å². The zero-order valence-electron chi connectivity index (χ0n) is 21.6. The highest BCUT2D eigenvalue weighted by Crippen LogP contribution is 2.32. The number of methoxy groups -OCH3 is 1. The standard InChI is InChI=1S/C25H32BN7O3/c1-25(2,3)36-24(34)30-17(11-8-12-35-6)16-9-7-10-18(28-16)19-13-15-21-20(27-14-32(21)4)23(33(5)26)31-22(15)29-19/h7,9-10,13-14,17H,8,11-12H2,1-6H3,(H,29,31)(H,30,34)/t17-/m0/s1. The molecule has 0 aliphatic rings. The van der Waals surface area contributed by atoms with Crippen LogP contribution in [0.3, 0.4) is 0 Å². The molecule has 36 heavy (non-hydrogen) atoms. The van der Waals surface area contributed by atoms with Crippen LogP contribution < -0.4 is 10.1 Å². The molecule has 2 N–H and O–H groups in total. The van der Waals surface area contributed by atoms with E-state index in [1.807, 2.05) is 56.7 Å². The third-order valence-corrected chi connectivity index (χ3v) is 5.69. The summed E-state index contributed by atoms with van der Waals surface area (Å²) in [4.78, 5) is 31.4. The molecule has 1 atom stereocenters. The van der Waals surface area contributed by atoms with E-state index in [-0.39, 0.29) is 6.04 Å². The molecule has 0 aliphatic carbocycles. The minimum atomic E-state index is -0.596. The van der Waals surface area contributed by atoms with Crippen LogP contribution in [0, 0.1) is 0 Å². The van der Waals surface area contributed by atoms with Crippen molar-refractivity contribution in [2.75, 3.05) is 25.6 Å². The number of imidazole rings is 1. The number of pyridine rings is 2. The molecule has 2 radical (unpaired) electrons. The maximum atomic E-state index is 12.5. The van der Waals surface area contributed by atoms with Crippen LogP contribution >= 0.6 is 0 Å². The van der Waals surface area contributed by atoms with E-state index in [2.05, 4.69) is 15.3 Å². The fourth-order valence-corrected chi connectivity index (χ4v) is 4.14. The second-order valence-corrected chi connectivity index (χ2v) is 9.83. The van der Waals surface area contributed by atoms with Gasteiger partial charge in [0.2, 0.25) is 7.98 Å². The lowest BCUT2D eigenvalue weighted by atomic mass is 10.1. The van der Waals surface area contributed by atoms with Crippen LogP contribution in [-0.2, 0) is 16.5 Å². The van der Waals surface area contributed by atoms with Crippen molar-refractivity contribution in [3.05, 3.63) is 36.3 Å². The van der Waals surface area contributed by atoms with E-state index in [0.29, 0.717) is 24.5 Å². The first-order valence-corrected chi connectivity index (χ1v) is 11.9. The van der Waals surface area contributed by atoms with Crippen molar-refractivity contribution in [2.24, 2.45) is 7.05 Å². The molecule has 0 bridgehead atoms. The van der Waals surface area contributed by atoms with Gasteiger partial charge in [0.25, 0.3) is 0 Å². The van der Waals surface area contributed by atoms with E-state index in [4.69, 9.17) is 27.4 Å². The van der Waals surface area contributed by atoms with Crippen LogP contribution in [0.15, 0.2) is 30.6 Å². The Morgan fingerprint density at radius 1 is 1.31 bits per heavy atom. The molecule has 10 nitrogen and oxygen atoms in total. The van der Waals surface area contributed by atoms with E-state index in [1.54, 1.807) is 20.5 Å². The Morgan fingerprint density at radius 2 is 2.08 bits per heavy atom. The van der Waals surface area contributed by atoms with Gasteiger partial charge in [-0.15, -0.1) is 0 Å². The van der Waals surface area contributed by atoms with E-state index in [9.17, 15) is 4.79 Å². The lowest BCUT2D eigenvalue weighted by Crippen LogP contribution is -2.35. The number of alkyl carbamates (subject to hydrolysis) is 1. The van der Waals surface area contributed by atoms with Gasteiger partial charge in [0.15, 0.2) is 0 Å². The topological polar surface area (TPSA) is 110 Å². The first-order chi connectivity index (χ1) is 17.1. The van der Waals surface area contributed by atoms with Crippen molar-refractivity contribution in [3.63, 3.8) is 0 Å². The predicted molar refractivity (Wildman–Crippen MR) is 141 cm³/mol. The number of anilines is 1. The lowest BCUT2D eigenvalue weighted by Gasteiger charge is -2.23. The van der Waals surface area contributed by atoms with Crippen molar-refractivity contribution in [2.45, 2.75) is 45.3 Å². The second kappa shape index (κ2) is 10.2. The molecule has 1 amide bonds. The average Bonchev–Trinajstić information content (AvgIpc) is 3.40. The predicted octanol–water partition coefficient (Wildman–Crippen LogP) is 4.02. The van der Waals surface area contributed by atoms with Gasteiger partial charge in [-0.2, -0.15) is 0 Å².